The topological polar surface area (TPSA) is 64.6 Å². The summed E-state index contributed by atoms with van der Waals surface area (Å²) >= 11 is 0. The van der Waals surface area contributed by atoms with Crippen LogP contribution in [0.15, 0.2) is 30.3 Å². The molecule has 1 fully saturated rings. The Kier molecular flexibility index (Phi) is 5.12. The van der Waals surface area contributed by atoms with Gasteiger partial charge < -0.3 is 14.8 Å². The van der Waals surface area contributed by atoms with Crippen LogP contribution in [0.3, 0.4) is 0 Å². The smallest absolute Gasteiger partial charge is 0.335 e. The minimum absolute atomic E-state index is 0.120. The summed E-state index contributed by atoms with van der Waals surface area (Å²) in [7, 11) is 0. The van der Waals surface area contributed by atoms with E-state index in [-0.39, 0.29) is 18.6 Å². The summed E-state index contributed by atoms with van der Waals surface area (Å²) in [4.78, 5) is 23.3. The van der Waals surface area contributed by atoms with Crippen molar-refractivity contribution in [3.8, 4) is 0 Å². The molecule has 5 nitrogen and oxygen atoms in total. The zero-order valence-corrected chi connectivity index (χ0v) is 11.5. The summed E-state index contributed by atoms with van der Waals surface area (Å²) in [5, 5.41) is 2.79. The average Bonchev–Trinajstić information content (AvgIpc) is 3.00. The van der Waals surface area contributed by atoms with Crippen molar-refractivity contribution >= 4 is 11.9 Å². The molecule has 2 rings (SSSR count). The quantitative estimate of drug-likeness (QED) is 0.830. The molecule has 1 aromatic rings. The standard InChI is InChI=1S/C15H19NO4/c1-11(12-6-3-2-4-7-12)16-14(17)10-20-15(18)13-8-5-9-19-13/h2-4,6-7,11,13H,5,8-10H2,1H3,(H,16,17)/t11-,13+/m1/s1. The van der Waals surface area contributed by atoms with Crippen molar-refractivity contribution in [1.29, 1.82) is 0 Å². The molecule has 0 bridgehead atoms. The van der Waals surface area contributed by atoms with Crippen LogP contribution >= 0.6 is 0 Å². The highest BCUT2D eigenvalue weighted by Crippen LogP contribution is 2.13. The van der Waals surface area contributed by atoms with Gasteiger partial charge in [0, 0.05) is 6.61 Å². The Balaban J connectivity index is 1.73. The molecule has 1 aliphatic rings. The highest BCUT2D eigenvalue weighted by Gasteiger charge is 2.25. The van der Waals surface area contributed by atoms with Crippen molar-refractivity contribution in [3.63, 3.8) is 0 Å². The molecular formula is C15H19NO4. The molecule has 0 saturated carbocycles. The van der Waals surface area contributed by atoms with Gasteiger partial charge in [-0.1, -0.05) is 30.3 Å². The minimum atomic E-state index is -0.505. The first-order chi connectivity index (χ1) is 9.66. The lowest BCUT2D eigenvalue weighted by atomic mass is 10.1. The monoisotopic (exact) mass is 277 g/mol. The second kappa shape index (κ2) is 7.05. The fraction of sp³-hybridized carbons (Fsp3) is 0.467. The van der Waals surface area contributed by atoms with Crippen LogP contribution in [0.2, 0.25) is 0 Å². The number of carbonyl (C=O) groups excluding carboxylic acids is 2. The number of carbonyl (C=O) groups is 2. The first kappa shape index (κ1) is 14.5. The lowest BCUT2D eigenvalue weighted by Crippen LogP contribution is -2.33. The van der Waals surface area contributed by atoms with E-state index in [9.17, 15) is 9.59 Å². The summed E-state index contributed by atoms with van der Waals surface area (Å²) in [6, 6.07) is 9.49. The molecule has 20 heavy (non-hydrogen) atoms. The van der Waals surface area contributed by atoms with Crippen LogP contribution in [0, 0.1) is 0 Å². The Morgan fingerprint density at radius 1 is 1.40 bits per heavy atom. The van der Waals surface area contributed by atoms with Crippen LogP contribution in [-0.2, 0) is 19.1 Å². The maximum absolute atomic E-state index is 11.7. The number of amides is 1. The van der Waals surface area contributed by atoms with E-state index in [0.717, 1.165) is 12.0 Å². The van der Waals surface area contributed by atoms with Crippen molar-refractivity contribution < 1.29 is 19.1 Å². The summed E-state index contributed by atoms with van der Waals surface area (Å²) in [6.45, 7) is 2.20. The largest absolute Gasteiger partial charge is 0.454 e. The second-order valence-electron chi connectivity index (χ2n) is 4.81. The Labute approximate surface area is 118 Å². The van der Waals surface area contributed by atoms with E-state index in [4.69, 9.17) is 9.47 Å². The van der Waals surface area contributed by atoms with Gasteiger partial charge in [-0.2, -0.15) is 0 Å². The predicted octanol–water partition coefficient (Wildman–Crippen LogP) is 1.59. The zero-order chi connectivity index (χ0) is 14.4. The fourth-order valence-electron chi connectivity index (χ4n) is 2.10. The normalized spacial score (nSPS) is 19.4. The lowest BCUT2D eigenvalue weighted by Gasteiger charge is -2.15. The Hall–Kier alpha value is -1.88. The van der Waals surface area contributed by atoms with E-state index in [2.05, 4.69) is 5.32 Å². The number of nitrogens with one attached hydrogen (secondary N) is 1. The fourth-order valence-corrected chi connectivity index (χ4v) is 2.10. The van der Waals surface area contributed by atoms with Crippen LogP contribution in [0.5, 0.6) is 0 Å². The number of hydrogen-bond acceptors (Lipinski definition) is 4. The molecule has 1 N–H and O–H groups in total. The number of hydrogen-bond donors (Lipinski definition) is 1. The van der Waals surface area contributed by atoms with E-state index in [1.54, 1.807) is 0 Å². The summed E-state index contributed by atoms with van der Waals surface area (Å²) in [5.74, 6) is -0.766. The maximum atomic E-state index is 11.7. The Bertz CT molecular complexity index is 454. The summed E-state index contributed by atoms with van der Waals surface area (Å²) < 4.78 is 10.1. The number of esters is 1. The second-order valence-corrected chi connectivity index (χ2v) is 4.81. The number of benzene rings is 1. The predicted molar refractivity (Wildman–Crippen MR) is 72.9 cm³/mol. The van der Waals surface area contributed by atoms with Crippen LogP contribution < -0.4 is 5.32 Å². The number of ether oxygens (including phenoxy) is 2. The van der Waals surface area contributed by atoms with Gasteiger partial charge in [0.05, 0.1) is 6.04 Å². The maximum Gasteiger partial charge on any atom is 0.335 e. The van der Waals surface area contributed by atoms with Gasteiger partial charge >= 0.3 is 5.97 Å². The van der Waals surface area contributed by atoms with Gasteiger partial charge in [0.1, 0.15) is 0 Å². The lowest BCUT2D eigenvalue weighted by molar-refractivity contribution is -0.157. The van der Waals surface area contributed by atoms with Crippen molar-refractivity contribution in [2.24, 2.45) is 0 Å². The Morgan fingerprint density at radius 2 is 2.15 bits per heavy atom. The van der Waals surface area contributed by atoms with Crippen LogP contribution in [0.25, 0.3) is 0 Å². The third kappa shape index (κ3) is 4.06. The van der Waals surface area contributed by atoms with Crippen LogP contribution in [0.1, 0.15) is 31.4 Å². The highest BCUT2D eigenvalue weighted by molar-refractivity contribution is 5.82. The van der Waals surface area contributed by atoms with Gasteiger partial charge in [0.25, 0.3) is 5.91 Å². The van der Waals surface area contributed by atoms with E-state index in [1.807, 2.05) is 37.3 Å². The van der Waals surface area contributed by atoms with Gasteiger partial charge in [-0.25, -0.2) is 4.79 Å². The van der Waals surface area contributed by atoms with E-state index in [0.29, 0.717) is 13.0 Å². The molecule has 5 heteroatoms. The molecule has 2 atom stereocenters. The third-order valence-electron chi connectivity index (χ3n) is 3.22. The molecule has 1 heterocycles. The molecule has 108 valence electrons. The van der Waals surface area contributed by atoms with E-state index < -0.39 is 12.1 Å². The van der Waals surface area contributed by atoms with Gasteiger partial charge in [0.15, 0.2) is 12.7 Å². The average molecular weight is 277 g/mol. The van der Waals surface area contributed by atoms with Crippen molar-refractivity contribution in [2.45, 2.75) is 31.9 Å². The highest BCUT2D eigenvalue weighted by atomic mass is 16.6. The molecule has 0 aromatic heterocycles. The van der Waals surface area contributed by atoms with Gasteiger partial charge in [0.2, 0.25) is 0 Å². The molecule has 0 spiro atoms. The molecule has 1 aliphatic heterocycles. The van der Waals surface area contributed by atoms with Gasteiger partial charge in [-0.15, -0.1) is 0 Å². The first-order valence-electron chi connectivity index (χ1n) is 6.79. The van der Waals surface area contributed by atoms with Crippen LogP contribution in [-0.4, -0.2) is 31.2 Å². The van der Waals surface area contributed by atoms with Crippen molar-refractivity contribution in [2.75, 3.05) is 13.2 Å². The molecule has 0 aliphatic carbocycles. The first-order valence-corrected chi connectivity index (χ1v) is 6.79. The van der Waals surface area contributed by atoms with Crippen molar-refractivity contribution in [3.05, 3.63) is 35.9 Å². The third-order valence-corrected chi connectivity index (χ3v) is 3.22. The zero-order valence-electron chi connectivity index (χ0n) is 11.5. The molecule has 1 amide bonds. The number of rotatable bonds is 5. The molecule has 1 aromatic carbocycles. The molecule has 1 saturated heterocycles. The minimum Gasteiger partial charge on any atom is -0.454 e. The molecular weight excluding hydrogens is 258 g/mol. The summed E-state index contributed by atoms with van der Waals surface area (Å²) in [5.41, 5.74) is 1.01. The SMILES string of the molecule is C[C@@H](NC(=O)COC(=O)[C@@H]1CCCO1)c1ccccc1. The summed E-state index contributed by atoms with van der Waals surface area (Å²) in [6.07, 6.45) is 1.02. The molecule has 0 unspecified atom stereocenters. The van der Waals surface area contributed by atoms with Gasteiger partial charge in [-0.3, -0.25) is 4.79 Å². The Morgan fingerprint density at radius 3 is 2.80 bits per heavy atom. The van der Waals surface area contributed by atoms with E-state index >= 15 is 0 Å². The van der Waals surface area contributed by atoms with Crippen molar-refractivity contribution in [1.82, 2.24) is 5.32 Å². The molecule has 0 radical (unpaired) electrons. The van der Waals surface area contributed by atoms with Crippen LogP contribution in [0.4, 0.5) is 0 Å². The van der Waals surface area contributed by atoms with Gasteiger partial charge in [-0.05, 0) is 25.3 Å². The van der Waals surface area contributed by atoms with E-state index in [1.165, 1.54) is 0 Å².